The molecule has 0 bridgehead atoms. The van der Waals surface area contributed by atoms with Crippen LogP contribution in [-0.2, 0) is 0 Å². The SMILES string of the molecule is Oc1c(I)cc(I)cc1C=Nc1ccc2nc(-c3cccc4ccccc34)oc2c1. The van der Waals surface area contributed by atoms with Crippen molar-refractivity contribution in [3.05, 3.63) is 85.5 Å². The minimum absolute atomic E-state index is 0.235. The number of fused-ring (bicyclic) bond motifs is 2. The van der Waals surface area contributed by atoms with Crippen LogP contribution in [0, 0.1) is 7.14 Å². The molecule has 0 aliphatic carbocycles. The lowest BCUT2D eigenvalue weighted by Gasteiger charge is -2.02. The van der Waals surface area contributed by atoms with Gasteiger partial charge in [0.05, 0.1) is 9.26 Å². The van der Waals surface area contributed by atoms with Crippen LogP contribution in [-0.4, -0.2) is 16.3 Å². The Hall–Kier alpha value is -2.46. The second-order valence-electron chi connectivity index (χ2n) is 6.78. The van der Waals surface area contributed by atoms with Crippen LogP contribution in [0.25, 0.3) is 33.3 Å². The summed E-state index contributed by atoms with van der Waals surface area (Å²) in [5.41, 5.74) is 3.84. The molecule has 30 heavy (non-hydrogen) atoms. The van der Waals surface area contributed by atoms with Crippen molar-refractivity contribution in [3.8, 4) is 17.2 Å². The third-order valence-corrected chi connectivity index (χ3v) is 6.25. The van der Waals surface area contributed by atoms with Crippen molar-refractivity contribution in [1.29, 1.82) is 0 Å². The van der Waals surface area contributed by atoms with Crippen LogP contribution in [0.4, 0.5) is 5.69 Å². The zero-order valence-electron chi connectivity index (χ0n) is 15.5. The molecule has 0 radical (unpaired) electrons. The fraction of sp³-hybridized carbons (Fsp3) is 0. The molecule has 0 aliphatic rings. The third-order valence-electron chi connectivity index (χ3n) is 4.80. The van der Waals surface area contributed by atoms with Gasteiger partial charge >= 0.3 is 0 Å². The summed E-state index contributed by atoms with van der Waals surface area (Å²) in [4.78, 5) is 9.19. The van der Waals surface area contributed by atoms with E-state index in [1.54, 1.807) is 6.21 Å². The van der Waals surface area contributed by atoms with Gasteiger partial charge in [-0.05, 0) is 86.3 Å². The summed E-state index contributed by atoms with van der Waals surface area (Å²) < 4.78 is 7.92. The van der Waals surface area contributed by atoms with Gasteiger partial charge in [0.1, 0.15) is 11.3 Å². The van der Waals surface area contributed by atoms with Crippen molar-refractivity contribution in [3.63, 3.8) is 0 Å². The van der Waals surface area contributed by atoms with Crippen LogP contribution in [0.3, 0.4) is 0 Å². The molecule has 0 unspecified atom stereocenters. The second kappa shape index (κ2) is 7.99. The molecule has 4 nitrogen and oxygen atoms in total. The number of aromatic nitrogens is 1. The molecule has 0 fully saturated rings. The number of aliphatic imine (C=N–C) groups is 1. The van der Waals surface area contributed by atoms with E-state index in [-0.39, 0.29) is 5.75 Å². The molecular weight excluding hydrogens is 602 g/mol. The molecule has 0 atom stereocenters. The third kappa shape index (κ3) is 3.69. The number of halogens is 2. The summed E-state index contributed by atoms with van der Waals surface area (Å²) in [6, 6.07) is 23.8. The Kier molecular flexibility index (Phi) is 5.20. The summed E-state index contributed by atoms with van der Waals surface area (Å²) in [7, 11) is 0. The molecule has 0 saturated carbocycles. The molecule has 5 aromatic rings. The Labute approximate surface area is 200 Å². The van der Waals surface area contributed by atoms with Crippen molar-refractivity contribution in [2.24, 2.45) is 4.99 Å². The van der Waals surface area contributed by atoms with Crippen LogP contribution < -0.4 is 0 Å². The van der Waals surface area contributed by atoms with Gasteiger partial charge in [0.2, 0.25) is 5.89 Å². The summed E-state index contributed by atoms with van der Waals surface area (Å²) >= 11 is 4.34. The number of hydrogen-bond acceptors (Lipinski definition) is 4. The standard InChI is InChI=1S/C24H14I2N2O2/c25-16-10-15(23(29)20(26)11-16)13-27-17-8-9-21-22(12-17)30-24(28-21)19-7-3-5-14-4-1-2-6-18(14)19/h1-13,29H. The molecule has 0 spiro atoms. The number of rotatable bonds is 3. The van der Waals surface area contributed by atoms with Gasteiger partial charge in [0, 0.05) is 27.0 Å². The van der Waals surface area contributed by atoms with E-state index in [1.165, 1.54) is 0 Å². The molecular formula is C24H14I2N2O2. The molecule has 1 aromatic heterocycles. The number of aromatic hydroxyl groups is 1. The van der Waals surface area contributed by atoms with Crippen LogP contribution in [0.2, 0.25) is 0 Å². The number of benzene rings is 4. The number of hydrogen-bond donors (Lipinski definition) is 1. The first-order valence-corrected chi connectivity index (χ1v) is 11.3. The first kappa shape index (κ1) is 19.5. The van der Waals surface area contributed by atoms with Gasteiger partial charge < -0.3 is 9.52 Å². The molecule has 5 rings (SSSR count). The Morgan fingerprint density at radius 3 is 2.67 bits per heavy atom. The van der Waals surface area contributed by atoms with Crippen molar-refractivity contribution >= 4 is 79.0 Å². The maximum Gasteiger partial charge on any atom is 0.227 e. The van der Waals surface area contributed by atoms with Crippen LogP contribution in [0.1, 0.15) is 5.56 Å². The van der Waals surface area contributed by atoms with Crippen molar-refractivity contribution in [2.75, 3.05) is 0 Å². The van der Waals surface area contributed by atoms with E-state index in [4.69, 9.17) is 4.42 Å². The highest BCUT2D eigenvalue weighted by Crippen LogP contribution is 2.32. The van der Waals surface area contributed by atoms with E-state index < -0.39 is 0 Å². The van der Waals surface area contributed by atoms with Gasteiger partial charge in [0.15, 0.2) is 5.58 Å². The minimum Gasteiger partial charge on any atom is -0.506 e. The minimum atomic E-state index is 0.235. The number of nitrogens with zero attached hydrogens (tertiary/aromatic N) is 2. The van der Waals surface area contributed by atoms with E-state index in [0.29, 0.717) is 17.0 Å². The normalized spacial score (nSPS) is 11.7. The quantitative estimate of drug-likeness (QED) is 0.171. The average Bonchev–Trinajstić information content (AvgIpc) is 3.18. The summed E-state index contributed by atoms with van der Waals surface area (Å²) in [6.45, 7) is 0. The van der Waals surface area contributed by atoms with Crippen molar-refractivity contribution in [1.82, 2.24) is 4.98 Å². The lowest BCUT2D eigenvalue weighted by atomic mass is 10.0. The number of phenolic OH excluding ortho intramolecular Hbond substituents is 1. The maximum atomic E-state index is 10.3. The zero-order chi connectivity index (χ0) is 20.7. The highest BCUT2D eigenvalue weighted by molar-refractivity contribution is 14.1. The largest absolute Gasteiger partial charge is 0.506 e. The van der Waals surface area contributed by atoms with Crippen LogP contribution in [0.15, 0.2) is 82.2 Å². The summed E-state index contributed by atoms with van der Waals surface area (Å²) in [5.74, 6) is 0.825. The fourth-order valence-electron chi connectivity index (χ4n) is 3.35. The lowest BCUT2D eigenvalue weighted by molar-refractivity contribution is 0.470. The Morgan fingerprint density at radius 2 is 1.77 bits per heavy atom. The Morgan fingerprint density at radius 1 is 0.933 bits per heavy atom. The number of oxazole rings is 1. The van der Waals surface area contributed by atoms with Gasteiger partial charge in [-0.15, -0.1) is 0 Å². The molecule has 6 heteroatoms. The van der Waals surface area contributed by atoms with E-state index in [2.05, 4.69) is 73.4 Å². The Balaban J connectivity index is 1.53. The lowest BCUT2D eigenvalue weighted by Crippen LogP contribution is -1.87. The first-order chi connectivity index (χ1) is 14.6. The van der Waals surface area contributed by atoms with E-state index >= 15 is 0 Å². The van der Waals surface area contributed by atoms with Crippen LogP contribution >= 0.6 is 45.2 Å². The molecule has 1 N–H and O–H groups in total. The van der Waals surface area contributed by atoms with Crippen molar-refractivity contribution in [2.45, 2.75) is 0 Å². The fourth-order valence-corrected chi connectivity index (χ4v) is 5.24. The van der Waals surface area contributed by atoms with Gasteiger partial charge in [0.25, 0.3) is 0 Å². The molecule has 0 amide bonds. The monoisotopic (exact) mass is 616 g/mol. The molecule has 1 heterocycles. The Bertz CT molecular complexity index is 1440. The highest BCUT2D eigenvalue weighted by Gasteiger charge is 2.12. The number of phenols is 1. The van der Waals surface area contributed by atoms with E-state index in [9.17, 15) is 5.11 Å². The van der Waals surface area contributed by atoms with Gasteiger partial charge in [-0.1, -0.05) is 36.4 Å². The highest BCUT2D eigenvalue weighted by atomic mass is 127. The molecule has 0 saturated heterocycles. The molecule has 0 aliphatic heterocycles. The van der Waals surface area contributed by atoms with E-state index in [1.807, 2.05) is 54.6 Å². The smallest absolute Gasteiger partial charge is 0.227 e. The van der Waals surface area contributed by atoms with Crippen LogP contribution in [0.5, 0.6) is 5.75 Å². The van der Waals surface area contributed by atoms with Gasteiger partial charge in [-0.3, -0.25) is 4.99 Å². The predicted molar refractivity (Wildman–Crippen MR) is 138 cm³/mol. The average molecular weight is 616 g/mol. The maximum absolute atomic E-state index is 10.3. The second-order valence-corrected chi connectivity index (χ2v) is 9.19. The summed E-state index contributed by atoms with van der Waals surface area (Å²) in [6.07, 6.45) is 1.67. The molecule has 146 valence electrons. The summed E-state index contributed by atoms with van der Waals surface area (Å²) in [5, 5.41) is 12.5. The predicted octanol–water partition coefficient (Wildman–Crippen LogP) is 7.31. The first-order valence-electron chi connectivity index (χ1n) is 9.19. The van der Waals surface area contributed by atoms with Gasteiger partial charge in [-0.25, -0.2) is 4.98 Å². The topological polar surface area (TPSA) is 58.6 Å². The van der Waals surface area contributed by atoms with E-state index in [0.717, 1.165) is 34.7 Å². The van der Waals surface area contributed by atoms with Gasteiger partial charge in [-0.2, -0.15) is 0 Å². The van der Waals surface area contributed by atoms with Crippen molar-refractivity contribution < 1.29 is 9.52 Å². The zero-order valence-corrected chi connectivity index (χ0v) is 19.8. The molecule has 4 aromatic carbocycles.